The zero-order valence-electron chi connectivity index (χ0n) is 16.6. The summed E-state index contributed by atoms with van der Waals surface area (Å²) < 4.78 is 11.1. The number of hydrogen-bond acceptors (Lipinski definition) is 4. The third kappa shape index (κ3) is 9.58. The Morgan fingerprint density at radius 1 is 1.14 bits per heavy atom. The summed E-state index contributed by atoms with van der Waals surface area (Å²) in [5.41, 5.74) is 0. The highest BCUT2D eigenvalue weighted by atomic mass is 35.5. The Hall–Kier alpha value is -1.56. The van der Waals surface area contributed by atoms with Gasteiger partial charge in [0.05, 0.1) is 0 Å². The van der Waals surface area contributed by atoms with Crippen LogP contribution in [-0.4, -0.2) is 38.9 Å². The minimum atomic E-state index is -0.408. The van der Waals surface area contributed by atoms with Crippen LogP contribution in [0.1, 0.15) is 38.5 Å². The molecule has 1 saturated carbocycles. The number of rotatable bonds is 12. The van der Waals surface area contributed by atoms with E-state index in [1.165, 1.54) is 0 Å². The van der Waals surface area contributed by atoms with Crippen LogP contribution in [0.4, 0.5) is 4.79 Å². The highest BCUT2D eigenvalue weighted by Crippen LogP contribution is 2.28. The van der Waals surface area contributed by atoms with Crippen molar-refractivity contribution in [2.45, 2.75) is 38.5 Å². The van der Waals surface area contributed by atoms with E-state index in [-0.39, 0.29) is 0 Å². The first-order chi connectivity index (χ1) is 13.7. The van der Waals surface area contributed by atoms with Crippen molar-refractivity contribution in [3.05, 3.63) is 41.9 Å². The van der Waals surface area contributed by atoms with Crippen LogP contribution < -0.4 is 15.4 Å². The van der Waals surface area contributed by atoms with Crippen molar-refractivity contribution in [2.24, 2.45) is 11.8 Å². The molecule has 6 heteroatoms. The Kier molecular flexibility index (Phi) is 11.0. The molecule has 1 fully saturated rings. The molecule has 1 aromatic rings. The predicted molar refractivity (Wildman–Crippen MR) is 114 cm³/mol. The maximum Gasteiger partial charge on any atom is 0.412 e. The molecule has 0 radical (unpaired) electrons. The fraction of sp³-hybridized carbons (Fsp3) is 0.591. The number of hydrogen-bond donors (Lipinski definition) is 2. The van der Waals surface area contributed by atoms with Crippen LogP contribution in [0.5, 0.6) is 5.75 Å². The number of halogens is 1. The molecule has 0 aromatic heterocycles. The van der Waals surface area contributed by atoms with Crippen LogP contribution >= 0.6 is 11.6 Å². The average molecular weight is 409 g/mol. The lowest BCUT2D eigenvalue weighted by atomic mass is 9.82. The lowest BCUT2D eigenvalue weighted by Gasteiger charge is -2.28. The second-order valence-corrected chi connectivity index (χ2v) is 7.80. The fourth-order valence-electron chi connectivity index (χ4n) is 3.35. The van der Waals surface area contributed by atoms with Gasteiger partial charge in [0, 0.05) is 24.8 Å². The van der Waals surface area contributed by atoms with Gasteiger partial charge in [-0.2, -0.15) is 0 Å². The van der Waals surface area contributed by atoms with Crippen molar-refractivity contribution >= 4 is 17.7 Å². The summed E-state index contributed by atoms with van der Waals surface area (Å²) in [4.78, 5) is 11.9. The molecular weight excluding hydrogens is 376 g/mol. The molecule has 156 valence electrons. The molecule has 0 saturated heterocycles. The topological polar surface area (TPSA) is 59.6 Å². The molecule has 0 atom stereocenters. The highest BCUT2D eigenvalue weighted by molar-refractivity contribution is 6.30. The molecular formula is C22H33ClN2O3. The van der Waals surface area contributed by atoms with E-state index in [2.05, 4.69) is 17.2 Å². The monoisotopic (exact) mass is 408 g/mol. The summed E-state index contributed by atoms with van der Waals surface area (Å²) in [5, 5.41) is 6.86. The summed E-state index contributed by atoms with van der Waals surface area (Å²) in [6.45, 7) is 8.04. The molecule has 0 aliphatic heterocycles. The average Bonchev–Trinajstić information content (AvgIpc) is 2.71. The molecule has 0 spiro atoms. The number of ether oxygens (including phenoxy) is 2. The van der Waals surface area contributed by atoms with Gasteiger partial charge < -0.3 is 20.1 Å². The van der Waals surface area contributed by atoms with E-state index in [4.69, 9.17) is 21.1 Å². The van der Waals surface area contributed by atoms with Gasteiger partial charge in [0.15, 0.2) is 0 Å². The number of benzene rings is 1. The van der Waals surface area contributed by atoms with Gasteiger partial charge in [0.2, 0.25) is 0 Å². The largest absolute Gasteiger partial charge is 0.412 e. The highest BCUT2D eigenvalue weighted by Gasteiger charge is 2.22. The van der Waals surface area contributed by atoms with Gasteiger partial charge in [-0.25, -0.2) is 4.79 Å². The smallest absolute Gasteiger partial charge is 0.410 e. The Bertz CT molecular complexity index is 572. The van der Waals surface area contributed by atoms with E-state index in [1.54, 1.807) is 24.3 Å². The summed E-state index contributed by atoms with van der Waals surface area (Å²) in [7, 11) is 0. The van der Waals surface area contributed by atoms with Gasteiger partial charge in [0.25, 0.3) is 0 Å². The molecule has 0 bridgehead atoms. The molecule has 2 N–H and O–H groups in total. The SMILES string of the molecule is C=CCCNCCCOC[C@H]1CC[C@H](CNC(=O)Oc2ccc(Cl)cc2)CC1. The Balaban J connectivity index is 1.48. The standard InChI is InChI=1S/C22H33ClN2O3/c1-2-3-13-24-14-4-15-27-17-19-7-5-18(6-8-19)16-25-22(26)28-21-11-9-20(23)10-12-21/h2,9-12,18-19,24H,1,3-8,13-17H2,(H,25,26)/t18-,19-. The zero-order valence-corrected chi connectivity index (χ0v) is 17.4. The minimum absolute atomic E-state index is 0.408. The van der Waals surface area contributed by atoms with Gasteiger partial charge in [-0.1, -0.05) is 17.7 Å². The summed E-state index contributed by atoms with van der Waals surface area (Å²) >= 11 is 5.82. The first-order valence-corrected chi connectivity index (χ1v) is 10.7. The van der Waals surface area contributed by atoms with E-state index in [0.717, 1.165) is 64.8 Å². The van der Waals surface area contributed by atoms with Gasteiger partial charge in [0.1, 0.15) is 5.75 Å². The maximum absolute atomic E-state index is 11.9. The minimum Gasteiger partial charge on any atom is -0.410 e. The van der Waals surface area contributed by atoms with Crippen LogP contribution in [-0.2, 0) is 4.74 Å². The van der Waals surface area contributed by atoms with Crippen molar-refractivity contribution in [1.82, 2.24) is 10.6 Å². The first-order valence-electron chi connectivity index (χ1n) is 10.3. The van der Waals surface area contributed by atoms with Crippen LogP contribution in [0.15, 0.2) is 36.9 Å². The second kappa shape index (κ2) is 13.6. The lowest BCUT2D eigenvalue weighted by molar-refractivity contribution is 0.0762. The summed E-state index contributed by atoms with van der Waals surface area (Å²) in [6, 6.07) is 6.77. The van der Waals surface area contributed by atoms with E-state index < -0.39 is 6.09 Å². The number of carbonyl (C=O) groups excluding carboxylic acids is 1. The quantitative estimate of drug-likeness (QED) is 0.385. The van der Waals surface area contributed by atoms with Crippen LogP contribution in [0.25, 0.3) is 0 Å². The Morgan fingerprint density at radius 2 is 1.86 bits per heavy atom. The number of nitrogens with one attached hydrogen (secondary N) is 2. The van der Waals surface area contributed by atoms with E-state index in [9.17, 15) is 4.79 Å². The Labute approximate surface area is 173 Å². The molecule has 1 aromatic carbocycles. The summed E-state index contributed by atoms with van der Waals surface area (Å²) in [5.74, 6) is 1.66. The molecule has 28 heavy (non-hydrogen) atoms. The van der Waals surface area contributed by atoms with E-state index >= 15 is 0 Å². The fourth-order valence-corrected chi connectivity index (χ4v) is 3.48. The van der Waals surface area contributed by atoms with Crippen molar-refractivity contribution in [2.75, 3.05) is 32.8 Å². The van der Waals surface area contributed by atoms with Crippen molar-refractivity contribution < 1.29 is 14.3 Å². The van der Waals surface area contributed by atoms with Gasteiger partial charge in [-0.05, 0) is 87.7 Å². The molecule has 1 amide bonds. The molecule has 0 unspecified atom stereocenters. The van der Waals surface area contributed by atoms with Crippen LogP contribution in [0, 0.1) is 11.8 Å². The molecule has 5 nitrogen and oxygen atoms in total. The first kappa shape index (κ1) is 22.7. The van der Waals surface area contributed by atoms with Crippen LogP contribution in [0.2, 0.25) is 5.02 Å². The van der Waals surface area contributed by atoms with E-state index in [1.807, 2.05) is 6.08 Å². The normalized spacial score (nSPS) is 19.2. The van der Waals surface area contributed by atoms with Crippen molar-refractivity contribution in [1.29, 1.82) is 0 Å². The third-order valence-electron chi connectivity index (χ3n) is 5.05. The molecule has 0 heterocycles. The van der Waals surface area contributed by atoms with Gasteiger partial charge >= 0.3 is 6.09 Å². The maximum atomic E-state index is 11.9. The molecule has 1 aliphatic rings. The van der Waals surface area contributed by atoms with Crippen LogP contribution in [0.3, 0.4) is 0 Å². The van der Waals surface area contributed by atoms with Crippen molar-refractivity contribution in [3.63, 3.8) is 0 Å². The number of amides is 1. The van der Waals surface area contributed by atoms with Crippen molar-refractivity contribution in [3.8, 4) is 5.75 Å². The van der Waals surface area contributed by atoms with E-state index in [0.29, 0.717) is 29.2 Å². The second-order valence-electron chi connectivity index (χ2n) is 7.37. The van der Waals surface area contributed by atoms with Gasteiger partial charge in [-0.15, -0.1) is 6.58 Å². The number of carbonyl (C=O) groups is 1. The predicted octanol–water partition coefficient (Wildman–Crippen LogP) is 4.81. The lowest BCUT2D eigenvalue weighted by Crippen LogP contribution is -2.33. The zero-order chi connectivity index (χ0) is 20.0. The Morgan fingerprint density at radius 3 is 2.57 bits per heavy atom. The molecule has 2 rings (SSSR count). The summed E-state index contributed by atoms with van der Waals surface area (Å²) in [6.07, 6.45) is 8.15. The van der Waals surface area contributed by atoms with Gasteiger partial charge in [-0.3, -0.25) is 0 Å². The third-order valence-corrected chi connectivity index (χ3v) is 5.30. The molecule has 1 aliphatic carbocycles.